The smallest absolute Gasteiger partial charge is 0.247 e. The van der Waals surface area contributed by atoms with E-state index in [1.807, 2.05) is 30.3 Å². The molecule has 0 saturated carbocycles. The Balaban J connectivity index is 1.72. The molecule has 0 spiro atoms. The third kappa shape index (κ3) is 6.45. The van der Waals surface area contributed by atoms with E-state index in [1.54, 1.807) is 32.0 Å². The maximum Gasteiger partial charge on any atom is 0.247 e. The minimum absolute atomic E-state index is 0.252. The van der Waals surface area contributed by atoms with Crippen LogP contribution in [0, 0.1) is 0 Å². The summed E-state index contributed by atoms with van der Waals surface area (Å²) in [5.74, 6) is -0.550. The molecule has 2 aromatic carbocycles. The van der Waals surface area contributed by atoms with Gasteiger partial charge in [0.25, 0.3) is 0 Å². The van der Waals surface area contributed by atoms with Crippen molar-refractivity contribution in [3.63, 3.8) is 0 Å². The van der Waals surface area contributed by atoms with Crippen molar-refractivity contribution in [2.75, 3.05) is 39.4 Å². The highest BCUT2D eigenvalue weighted by Crippen LogP contribution is 2.30. The molecule has 172 valence electrons. The maximum absolute atomic E-state index is 13.3. The lowest BCUT2D eigenvalue weighted by Gasteiger charge is -2.29. The second-order valence-electron chi connectivity index (χ2n) is 8.35. The molecule has 1 saturated heterocycles. The van der Waals surface area contributed by atoms with Gasteiger partial charge in [0.1, 0.15) is 6.04 Å². The van der Waals surface area contributed by atoms with Crippen molar-refractivity contribution in [1.82, 2.24) is 15.5 Å². The Morgan fingerprint density at radius 3 is 2.31 bits per heavy atom. The molecule has 2 aromatic rings. The van der Waals surface area contributed by atoms with E-state index in [4.69, 9.17) is 27.9 Å². The van der Waals surface area contributed by atoms with E-state index >= 15 is 0 Å². The molecule has 2 amide bonds. The van der Waals surface area contributed by atoms with Crippen LogP contribution in [-0.2, 0) is 19.7 Å². The van der Waals surface area contributed by atoms with Gasteiger partial charge < -0.3 is 15.4 Å². The first kappa shape index (κ1) is 24.5. The van der Waals surface area contributed by atoms with E-state index in [1.165, 1.54) is 0 Å². The number of carbonyl (C=O) groups excluding carboxylic acids is 2. The van der Waals surface area contributed by atoms with Crippen molar-refractivity contribution in [1.29, 1.82) is 0 Å². The van der Waals surface area contributed by atoms with Crippen LogP contribution in [0.2, 0.25) is 10.0 Å². The molecule has 32 heavy (non-hydrogen) atoms. The Kier molecular flexibility index (Phi) is 8.54. The average molecular weight is 478 g/mol. The summed E-state index contributed by atoms with van der Waals surface area (Å²) >= 11 is 12.3. The van der Waals surface area contributed by atoms with Gasteiger partial charge in [-0.25, -0.2) is 0 Å². The number of hydrogen-bond donors (Lipinski definition) is 2. The molecule has 0 aliphatic carbocycles. The van der Waals surface area contributed by atoms with E-state index in [0.717, 1.165) is 19.6 Å². The standard InChI is InChI=1S/C24H29Cl2N3O3/c1-24(2,18-14-19(25)16-20(26)15-18)23(31)28-21(17-6-4-3-5-7-17)22(30)27-8-9-29-10-12-32-13-11-29/h3-7,14-16,21H,8-13H2,1-2H3,(H,27,30)(H,28,31)/t21-/m0/s1. The topological polar surface area (TPSA) is 70.7 Å². The minimum atomic E-state index is -0.949. The summed E-state index contributed by atoms with van der Waals surface area (Å²) in [7, 11) is 0. The number of rotatable bonds is 8. The molecule has 2 N–H and O–H groups in total. The van der Waals surface area contributed by atoms with Gasteiger partial charge in [0.15, 0.2) is 0 Å². The molecule has 1 aliphatic heterocycles. The summed E-state index contributed by atoms with van der Waals surface area (Å²) in [6.45, 7) is 7.91. The largest absolute Gasteiger partial charge is 0.379 e. The Labute approximate surface area is 199 Å². The van der Waals surface area contributed by atoms with Gasteiger partial charge >= 0.3 is 0 Å². The van der Waals surface area contributed by atoms with E-state index in [-0.39, 0.29) is 11.8 Å². The van der Waals surface area contributed by atoms with E-state index in [2.05, 4.69) is 15.5 Å². The predicted molar refractivity (Wildman–Crippen MR) is 127 cm³/mol. The highest BCUT2D eigenvalue weighted by molar-refractivity contribution is 6.34. The number of morpholine rings is 1. The molecule has 1 aliphatic rings. The minimum Gasteiger partial charge on any atom is -0.379 e. The molecule has 1 atom stereocenters. The second kappa shape index (κ2) is 11.1. The molecule has 0 radical (unpaired) electrons. The Morgan fingerprint density at radius 2 is 1.69 bits per heavy atom. The van der Waals surface area contributed by atoms with Gasteiger partial charge in [0, 0.05) is 36.2 Å². The Bertz CT molecular complexity index is 911. The first-order valence-electron chi connectivity index (χ1n) is 10.7. The Morgan fingerprint density at radius 1 is 1.06 bits per heavy atom. The lowest BCUT2D eigenvalue weighted by molar-refractivity contribution is -0.131. The molecule has 0 aromatic heterocycles. The fraction of sp³-hybridized carbons (Fsp3) is 0.417. The summed E-state index contributed by atoms with van der Waals surface area (Å²) in [5, 5.41) is 6.80. The number of ether oxygens (including phenoxy) is 1. The molecular formula is C24H29Cl2N3O3. The van der Waals surface area contributed by atoms with Crippen molar-refractivity contribution < 1.29 is 14.3 Å². The molecule has 0 bridgehead atoms. The number of amides is 2. The fourth-order valence-corrected chi connectivity index (χ4v) is 4.09. The van der Waals surface area contributed by atoms with Gasteiger partial charge in [-0.05, 0) is 43.2 Å². The highest BCUT2D eigenvalue weighted by Gasteiger charge is 2.34. The first-order valence-corrected chi connectivity index (χ1v) is 11.4. The van der Waals surface area contributed by atoms with Crippen LogP contribution in [0.5, 0.6) is 0 Å². The SMILES string of the molecule is CC(C)(C(=O)N[C@H](C(=O)NCCN1CCOCC1)c1ccccc1)c1cc(Cl)cc(Cl)c1. The van der Waals surface area contributed by atoms with Crippen molar-refractivity contribution in [2.24, 2.45) is 0 Å². The zero-order valence-electron chi connectivity index (χ0n) is 18.4. The monoisotopic (exact) mass is 477 g/mol. The first-order chi connectivity index (χ1) is 15.3. The Hall–Kier alpha value is -2.12. The lowest BCUT2D eigenvalue weighted by Crippen LogP contribution is -2.48. The average Bonchev–Trinajstić information content (AvgIpc) is 2.77. The van der Waals surface area contributed by atoms with Crippen molar-refractivity contribution >= 4 is 35.0 Å². The van der Waals surface area contributed by atoms with Gasteiger partial charge in [-0.1, -0.05) is 53.5 Å². The zero-order chi connectivity index (χ0) is 23.1. The van der Waals surface area contributed by atoms with Gasteiger partial charge in [0.05, 0.1) is 18.6 Å². The van der Waals surface area contributed by atoms with Gasteiger partial charge in [-0.3, -0.25) is 14.5 Å². The lowest BCUT2D eigenvalue weighted by atomic mass is 9.83. The van der Waals surface area contributed by atoms with Crippen molar-refractivity contribution in [3.05, 3.63) is 69.7 Å². The number of nitrogens with zero attached hydrogens (tertiary/aromatic N) is 1. The van der Waals surface area contributed by atoms with Gasteiger partial charge in [-0.2, -0.15) is 0 Å². The van der Waals surface area contributed by atoms with Crippen LogP contribution < -0.4 is 10.6 Å². The number of hydrogen-bond acceptors (Lipinski definition) is 4. The third-order valence-electron chi connectivity index (χ3n) is 5.65. The van der Waals surface area contributed by atoms with E-state index in [0.29, 0.717) is 40.9 Å². The number of nitrogens with one attached hydrogen (secondary N) is 2. The fourth-order valence-electron chi connectivity index (χ4n) is 3.57. The van der Waals surface area contributed by atoms with Crippen LogP contribution in [0.3, 0.4) is 0 Å². The molecule has 6 nitrogen and oxygen atoms in total. The summed E-state index contributed by atoms with van der Waals surface area (Å²) < 4.78 is 5.36. The molecule has 1 fully saturated rings. The predicted octanol–water partition coefficient (Wildman–Crippen LogP) is 3.58. The summed E-state index contributed by atoms with van der Waals surface area (Å²) in [6.07, 6.45) is 0. The quantitative estimate of drug-likeness (QED) is 0.609. The van der Waals surface area contributed by atoms with Crippen LogP contribution in [0.15, 0.2) is 48.5 Å². The molecule has 1 heterocycles. The van der Waals surface area contributed by atoms with Gasteiger partial charge in [-0.15, -0.1) is 0 Å². The van der Waals surface area contributed by atoms with E-state index < -0.39 is 11.5 Å². The molecule has 0 unspecified atom stereocenters. The van der Waals surface area contributed by atoms with Gasteiger partial charge in [0.2, 0.25) is 11.8 Å². The number of carbonyl (C=O) groups is 2. The molecule has 8 heteroatoms. The van der Waals surface area contributed by atoms with Crippen LogP contribution in [0.1, 0.15) is 31.0 Å². The summed E-state index contributed by atoms with van der Waals surface area (Å²) in [4.78, 5) is 28.6. The van der Waals surface area contributed by atoms with Crippen molar-refractivity contribution in [2.45, 2.75) is 25.3 Å². The van der Waals surface area contributed by atoms with Crippen LogP contribution >= 0.6 is 23.2 Å². The summed E-state index contributed by atoms with van der Waals surface area (Å²) in [6, 6.07) is 13.5. The van der Waals surface area contributed by atoms with Crippen molar-refractivity contribution in [3.8, 4) is 0 Å². The third-order valence-corrected chi connectivity index (χ3v) is 6.09. The number of halogens is 2. The number of benzene rings is 2. The van der Waals surface area contributed by atoms with Crippen LogP contribution in [0.25, 0.3) is 0 Å². The van der Waals surface area contributed by atoms with Crippen LogP contribution in [0.4, 0.5) is 0 Å². The molecule has 3 rings (SSSR count). The molecular weight excluding hydrogens is 449 g/mol. The zero-order valence-corrected chi connectivity index (χ0v) is 19.9. The van der Waals surface area contributed by atoms with E-state index in [9.17, 15) is 9.59 Å². The van der Waals surface area contributed by atoms with Crippen LogP contribution in [-0.4, -0.2) is 56.1 Å². The normalized spacial score (nSPS) is 15.8. The maximum atomic E-state index is 13.3. The summed E-state index contributed by atoms with van der Waals surface area (Å²) in [5.41, 5.74) is 0.437. The highest BCUT2D eigenvalue weighted by atomic mass is 35.5. The second-order valence-corrected chi connectivity index (χ2v) is 9.22.